The van der Waals surface area contributed by atoms with Gasteiger partial charge in [-0.25, -0.2) is 0 Å². The molecule has 1 unspecified atom stereocenters. The van der Waals surface area contributed by atoms with Crippen LogP contribution < -0.4 is 12.4 Å². The highest BCUT2D eigenvalue weighted by atomic mass is 35.5. The molecule has 2 heteroatoms. The molecular formula is C22H48ClN. The maximum Gasteiger partial charge on any atom is 0.0784 e. The summed E-state index contributed by atoms with van der Waals surface area (Å²) < 4.78 is 1.31. The van der Waals surface area contributed by atoms with Gasteiger partial charge in [-0.05, 0) is 32.6 Å². The summed E-state index contributed by atoms with van der Waals surface area (Å²) in [5, 5.41) is 0. The first kappa shape index (κ1) is 26.5. The highest BCUT2D eigenvalue weighted by molar-refractivity contribution is 4.49. The van der Waals surface area contributed by atoms with Crippen molar-refractivity contribution in [2.75, 3.05) is 26.7 Å². The molecule has 0 N–H and O–H groups in total. The summed E-state index contributed by atoms with van der Waals surface area (Å²) in [6, 6.07) is 0. The molecule has 0 radical (unpaired) electrons. The third-order valence-corrected chi connectivity index (χ3v) is 5.62. The van der Waals surface area contributed by atoms with Gasteiger partial charge in [-0.1, -0.05) is 84.5 Å². The lowest BCUT2D eigenvalue weighted by Crippen LogP contribution is -3.00. The zero-order valence-corrected chi connectivity index (χ0v) is 18.3. The highest BCUT2D eigenvalue weighted by Gasteiger charge is 2.17. The molecule has 0 fully saturated rings. The summed E-state index contributed by atoms with van der Waals surface area (Å²) in [7, 11) is 2.48. The lowest BCUT2D eigenvalue weighted by molar-refractivity contribution is -0.908. The molecule has 0 aliphatic heterocycles. The van der Waals surface area contributed by atoms with Gasteiger partial charge in [-0.15, -0.1) is 0 Å². The smallest absolute Gasteiger partial charge is 0.0784 e. The van der Waals surface area contributed by atoms with Crippen LogP contribution in [-0.4, -0.2) is 31.2 Å². The van der Waals surface area contributed by atoms with Gasteiger partial charge in [0.15, 0.2) is 0 Å². The SMILES string of the molecule is CCCCCCCCCCC[N+](C)(CC)CCCCCCCC.[Cl-]. The van der Waals surface area contributed by atoms with Crippen molar-refractivity contribution < 1.29 is 16.9 Å². The van der Waals surface area contributed by atoms with E-state index < -0.39 is 0 Å². The Labute approximate surface area is 161 Å². The van der Waals surface area contributed by atoms with Crippen molar-refractivity contribution >= 4 is 0 Å². The molecule has 1 nitrogen and oxygen atoms in total. The molecule has 0 spiro atoms. The fourth-order valence-electron chi connectivity index (χ4n) is 3.51. The maximum absolute atomic E-state index is 2.48. The van der Waals surface area contributed by atoms with Gasteiger partial charge in [-0.3, -0.25) is 0 Å². The molecule has 0 saturated carbocycles. The summed E-state index contributed by atoms with van der Waals surface area (Å²) in [6.45, 7) is 11.1. The van der Waals surface area contributed by atoms with Gasteiger partial charge < -0.3 is 16.9 Å². The first-order chi connectivity index (χ1) is 11.2. The van der Waals surface area contributed by atoms with E-state index in [4.69, 9.17) is 0 Å². The molecule has 148 valence electrons. The summed E-state index contributed by atoms with van der Waals surface area (Å²) in [6.07, 6.45) is 21.6. The summed E-state index contributed by atoms with van der Waals surface area (Å²) in [4.78, 5) is 0. The van der Waals surface area contributed by atoms with Crippen LogP contribution in [0.2, 0.25) is 0 Å². The third kappa shape index (κ3) is 17.1. The molecule has 0 saturated heterocycles. The van der Waals surface area contributed by atoms with Crippen molar-refractivity contribution in [2.45, 2.75) is 117 Å². The van der Waals surface area contributed by atoms with Crippen LogP contribution in [0.3, 0.4) is 0 Å². The zero-order valence-electron chi connectivity index (χ0n) is 17.6. The average Bonchev–Trinajstić information content (AvgIpc) is 2.56. The van der Waals surface area contributed by atoms with E-state index in [0.717, 1.165) is 0 Å². The van der Waals surface area contributed by atoms with Crippen LogP contribution >= 0.6 is 0 Å². The Balaban J connectivity index is 0. The Kier molecular flexibility index (Phi) is 21.6. The minimum Gasteiger partial charge on any atom is -1.00 e. The fraction of sp³-hybridized carbons (Fsp3) is 1.00. The van der Waals surface area contributed by atoms with Gasteiger partial charge in [0.25, 0.3) is 0 Å². The van der Waals surface area contributed by atoms with Crippen molar-refractivity contribution in [3.8, 4) is 0 Å². The molecular weight excluding hydrogens is 314 g/mol. The van der Waals surface area contributed by atoms with E-state index in [1.165, 1.54) is 120 Å². The fourth-order valence-corrected chi connectivity index (χ4v) is 3.51. The number of rotatable bonds is 18. The largest absolute Gasteiger partial charge is 1.00 e. The second-order valence-electron chi connectivity index (χ2n) is 7.98. The van der Waals surface area contributed by atoms with Gasteiger partial charge in [0.2, 0.25) is 0 Å². The van der Waals surface area contributed by atoms with Crippen LogP contribution in [0.25, 0.3) is 0 Å². The quantitative estimate of drug-likeness (QED) is 0.251. The van der Waals surface area contributed by atoms with Crippen molar-refractivity contribution in [1.29, 1.82) is 0 Å². The van der Waals surface area contributed by atoms with Crippen LogP contribution in [0.5, 0.6) is 0 Å². The Morgan fingerprint density at radius 1 is 0.458 bits per heavy atom. The summed E-state index contributed by atoms with van der Waals surface area (Å²) in [5.41, 5.74) is 0. The van der Waals surface area contributed by atoms with E-state index in [0.29, 0.717) is 0 Å². The molecule has 0 bridgehead atoms. The maximum atomic E-state index is 2.48. The van der Waals surface area contributed by atoms with Gasteiger partial charge >= 0.3 is 0 Å². The average molecular weight is 362 g/mol. The Hall–Kier alpha value is 0.250. The number of unbranched alkanes of at least 4 members (excludes halogenated alkanes) is 13. The molecule has 0 rings (SSSR count). The Morgan fingerprint density at radius 2 is 0.750 bits per heavy atom. The standard InChI is InChI=1S/C22H48N.ClH/c1-5-8-10-12-14-15-16-18-20-22-23(4,7-3)21-19-17-13-11-9-6-2;/h5-22H2,1-4H3;1H/q+1;/p-1. The predicted octanol–water partition coefficient (Wildman–Crippen LogP) is 4.35. The van der Waals surface area contributed by atoms with Crippen molar-refractivity contribution in [2.24, 2.45) is 0 Å². The molecule has 1 atom stereocenters. The monoisotopic (exact) mass is 361 g/mol. The van der Waals surface area contributed by atoms with E-state index in [2.05, 4.69) is 27.8 Å². The van der Waals surface area contributed by atoms with Crippen LogP contribution in [0.1, 0.15) is 117 Å². The lowest BCUT2D eigenvalue weighted by Gasteiger charge is -2.33. The van der Waals surface area contributed by atoms with Crippen molar-refractivity contribution in [1.82, 2.24) is 0 Å². The Morgan fingerprint density at radius 3 is 1.04 bits per heavy atom. The minimum atomic E-state index is 0. The number of halogens is 1. The first-order valence-electron chi connectivity index (χ1n) is 11.0. The number of nitrogens with zero attached hydrogens (tertiary/aromatic N) is 1. The van der Waals surface area contributed by atoms with Gasteiger partial charge in [0.05, 0.1) is 26.7 Å². The highest BCUT2D eigenvalue weighted by Crippen LogP contribution is 2.14. The van der Waals surface area contributed by atoms with Crippen LogP contribution in [0.15, 0.2) is 0 Å². The summed E-state index contributed by atoms with van der Waals surface area (Å²) >= 11 is 0. The minimum absolute atomic E-state index is 0. The second kappa shape index (κ2) is 19.6. The molecule has 0 aliphatic carbocycles. The van der Waals surface area contributed by atoms with Crippen LogP contribution in [0, 0.1) is 0 Å². The molecule has 0 aromatic rings. The zero-order chi connectivity index (χ0) is 17.2. The number of hydrogen-bond acceptors (Lipinski definition) is 0. The predicted molar refractivity (Wildman–Crippen MR) is 107 cm³/mol. The van der Waals surface area contributed by atoms with E-state index in [1.807, 2.05) is 0 Å². The lowest BCUT2D eigenvalue weighted by atomic mass is 10.1. The molecule has 0 aromatic heterocycles. The molecule has 0 heterocycles. The normalized spacial score (nSPS) is 13.5. The van der Waals surface area contributed by atoms with Gasteiger partial charge in [0, 0.05) is 0 Å². The van der Waals surface area contributed by atoms with Crippen molar-refractivity contribution in [3.63, 3.8) is 0 Å². The number of quaternary nitrogens is 1. The van der Waals surface area contributed by atoms with E-state index >= 15 is 0 Å². The third-order valence-electron chi connectivity index (χ3n) is 5.62. The Bertz CT molecular complexity index is 232. The summed E-state index contributed by atoms with van der Waals surface area (Å²) in [5.74, 6) is 0. The second-order valence-corrected chi connectivity index (χ2v) is 7.98. The molecule has 24 heavy (non-hydrogen) atoms. The van der Waals surface area contributed by atoms with E-state index in [9.17, 15) is 0 Å². The molecule has 0 aromatic carbocycles. The topological polar surface area (TPSA) is 0 Å². The van der Waals surface area contributed by atoms with Gasteiger partial charge in [-0.2, -0.15) is 0 Å². The van der Waals surface area contributed by atoms with Gasteiger partial charge in [0.1, 0.15) is 0 Å². The van der Waals surface area contributed by atoms with Crippen molar-refractivity contribution in [3.05, 3.63) is 0 Å². The molecule has 0 aliphatic rings. The first-order valence-corrected chi connectivity index (χ1v) is 11.0. The van der Waals surface area contributed by atoms with Crippen LogP contribution in [-0.2, 0) is 0 Å². The molecule has 0 amide bonds. The van der Waals surface area contributed by atoms with E-state index in [1.54, 1.807) is 0 Å². The number of hydrogen-bond donors (Lipinski definition) is 0. The van der Waals surface area contributed by atoms with Crippen LogP contribution in [0.4, 0.5) is 0 Å². The van der Waals surface area contributed by atoms with E-state index in [-0.39, 0.29) is 12.4 Å².